The molecular weight excluding hydrogens is 174 g/mol. The van der Waals surface area contributed by atoms with Gasteiger partial charge in [-0.05, 0) is 0 Å². The Morgan fingerprint density at radius 3 is 3.08 bits per heavy atom. The van der Waals surface area contributed by atoms with Gasteiger partial charge in [0.05, 0.1) is 12.8 Å². The number of hydrogen-bond acceptors (Lipinski definition) is 5. The van der Waals surface area contributed by atoms with Crippen LogP contribution >= 0.6 is 0 Å². The molecule has 0 saturated carbocycles. The van der Waals surface area contributed by atoms with Crippen LogP contribution in [0.4, 0.5) is 5.95 Å². The SMILES string of the molecule is Nc1nnc2n(OCCO)ccn12. The smallest absolute Gasteiger partial charge is 0.270 e. The number of nitrogens with two attached hydrogens (primary N) is 1. The van der Waals surface area contributed by atoms with Gasteiger partial charge < -0.3 is 15.7 Å². The Morgan fingerprint density at radius 2 is 2.31 bits per heavy atom. The number of aliphatic hydroxyl groups excluding tert-OH is 1. The second-order valence-corrected chi connectivity index (χ2v) is 2.41. The van der Waals surface area contributed by atoms with Gasteiger partial charge >= 0.3 is 0 Å². The zero-order chi connectivity index (χ0) is 9.26. The molecule has 0 saturated heterocycles. The van der Waals surface area contributed by atoms with E-state index >= 15 is 0 Å². The van der Waals surface area contributed by atoms with Crippen LogP contribution in [-0.2, 0) is 0 Å². The van der Waals surface area contributed by atoms with Crippen LogP contribution in [0.5, 0.6) is 0 Å². The Hall–Kier alpha value is -1.76. The number of rotatable bonds is 3. The number of nitrogen functional groups attached to an aromatic ring is 1. The first-order valence-corrected chi connectivity index (χ1v) is 3.74. The van der Waals surface area contributed by atoms with Crippen molar-refractivity contribution in [3.05, 3.63) is 12.4 Å². The van der Waals surface area contributed by atoms with Gasteiger partial charge in [-0.1, -0.05) is 0 Å². The van der Waals surface area contributed by atoms with Gasteiger partial charge in [0.15, 0.2) is 0 Å². The first kappa shape index (κ1) is 7.87. The molecule has 2 heterocycles. The molecule has 0 aliphatic carbocycles. The van der Waals surface area contributed by atoms with Crippen molar-refractivity contribution in [2.75, 3.05) is 18.9 Å². The maximum absolute atomic E-state index is 8.54. The molecule has 7 nitrogen and oxygen atoms in total. The highest BCUT2D eigenvalue weighted by atomic mass is 16.7. The number of anilines is 1. The molecule has 0 bridgehead atoms. The summed E-state index contributed by atoms with van der Waals surface area (Å²) >= 11 is 0. The number of hydrogen-bond donors (Lipinski definition) is 2. The van der Waals surface area contributed by atoms with E-state index in [0.717, 1.165) is 0 Å². The predicted molar refractivity (Wildman–Crippen MR) is 43.9 cm³/mol. The summed E-state index contributed by atoms with van der Waals surface area (Å²) in [5.74, 6) is 0.798. The molecule has 0 unspecified atom stereocenters. The second kappa shape index (κ2) is 2.94. The summed E-state index contributed by atoms with van der Waals surface area (Å²) in [6.07, 6.45) is 3.33. The highest BCUT2D eigenvalue weighted by Gasteiger charge is 2.06. The first-order chi connectivity index (χ1) is 6.33. The summed E-state index contributed by atoms with van der Waals surface area (Å²) in [6, 6.07) is 0. The van der Waals surface area contributed by atoms with Crippen molar-refractivity contribution in [3.63, 3.8) is 0 Å². The molecule has 3 N–H and O–H groups in total. The monoisotopic (exact) mass is 183 g/mol. The van der Waals surface area contributed by atoms with Crippen molar-refractivity contribution < 1.29 is 9.94 Å². The summed E-state index contributed by atoms with van der Waals surface area (Å²) in [5, 5.41) is 16.0. The van der Waals surface area contributed by atoms with Crippen LogP contribution in [0, 0.1) is 0 Å². The highest BCUT2D eigenvalue weighted by Crippen LogP contribution is 2.04. The van der Waals surface area contributed by atoms with Crippen LogP contribution in [0.3, 0.4) is 0 Å². The van der Waals surface area contributed by atoms with E-state index in [2.05, 4.69) is 10.2 Å². The maximum Gasteiger partial charge on any atom is 0.270 e. The van der Waals surface area contributed by atoms with E-state index in [-0.39, 0.29) is 13.2 Å². The number of imidazole rings is 1. The third kappa shape index (κ3) is 1.18. The summed E-state index contributed by atoms with van der Waals surface area (Å²) in [7, 11) is 0. The number of nitrogens with zero attached hydrogens (tertiary/aromatic N) is 4. The third-order valence-electron chi connectivity index (χ3n) is 1.57. The number of aromatic nitrogens is 4. The molecule has 0 amide bonds. The second-order valence-electron chi connectivity index (χ2n) is 2.41. The fraction of sp³-hybridized carbons (Fsp3) is 0.333. The van der Waals surface area contributed by atoms with Crippen molar-refractivity contribution in [2.24, 2.45) is 0 Å². The Bertz CT molecular complexity index is 406. The molecule has 2 aromatic heterocycles. The summed E-state index contributed by atoms with van der Waals surface area (Å²) in [4.78, 5) is 5.11. The number of fused-ring (bicyclic) bond motifs is 1. The molecule has 13 heavy (non-hydrogen) atoms. The molecule has 0 spiro atoms. The van der Waals surface area contributed by atoms with Gasteiger partial charge in [0.1, 0.15) is 6.61 Å². The predicted octanol–water partition coefficient (Wildman–Crippen LogP) is -1.47. The Balaban J connectivity index is 2.35. The van der Waals surface area contributed by atoms with E-state index in [1.807, 2.05) is 0 Å². The molecule has 0 atom stereocenters. The maximum atomic E-state index is 8.54. The number of aliphatic hydroxyl groups is 1. The van der Waals surface area contributed by atoms with Crippen LogP contribution in [0.1, 0.15) is 0 Å². The molecule has 0 aliphatic heterocycles. The molecule has 2 rings (SSSR count). The summed E-state index contributed by atoms with van der Waals surface area (Å²) in [6.45, 7) is 0.158. The van der Waals surface area contributed by atoms with Gasteiger partial charge in [-0.15, -0.1) is 10.2 Å². The lowest BCUT2D eigenvalue weighted by Gasteiger charge is -2.01. The lowest BCUT2D eigenvalue weighted by Crippen LogP contribution is -2.14. The van der Waals surface area contributed by atoms with Gasteiger partial charge in [0, 0.05) is 6.20 Å². The Labute approximate surface area is 73.3 Å². The van der Waals surface area contributed by atoms with E-state index in [9.17, 15) is 0 Å². The molecule has 2 aromatic rings. The molecule has 7 heteroatoms. The largest absolute Gasteiger partial charge is 0.408 e. The van der Waals surface area contributed by atoms with Crippen LogP contribution < -0.4 is 10.6 Å². The lowest BCUT2D eigenvalue weighted by molar-refractivity contribution is 0.0814. The topological polar surface area (TPSA) is 90.6 Å². The van der Waals surface area contributed by atoms with Gasteiger partial charge in [0.2, 0.25) is 5.95 Å². The average molecular weight is 183 g/mol. The Kier molecular flexibility index (Phi) is 1.78. The van der Waals surface area contributed by atoms with E-state index in [0.29, 0.717) is 11.7 Å². The van der Waals surface area contributed by atoms with E-state index in [1.54, 1.807) is 16.8 Å². The van der Waals surface area contributed by atoms with Crippen molar-refractivity contribution in [1.29, 1.82) is 0 Å². The van der Waals surface area contributed by atoms with Crippen molar-refractivity contribution in [1.82, 2.24) is 19.3 Å². The van der Waals surface area contributed by atoms with Crippen LogP contribution in [-0.4, -0.2) is 37.6 Å². The average Bonchev–Trinajstić information content (AvgIpc) is 2.67. The fourth-order valence-corrected chi connectivity index (χ4v) is 1.02. The van der Waals surface area contributed by atoms with E-state index in [1.165, 1.54) is 4.73 Å². The minimum Gasteiger partial charge on any atom is -0.408 e. The molecule has 0 radical (unpaired) electrons. The van der Waals surface area contributed by atoms with Crippen molar-refractivity contribution in [3.8, 4) is 0 Å². The van der Waals surface area contributed by atoms with Crippen molar-refractivity contribution >= 4 is 11.7 Å². The zero-order valence-corrected chi connectivity index (χ0v) is 6.79. The minimum atomic E-state index is -0.0477. The van der Waals surface area contributed by atoms with Crippen molar-refractivity contribution in [2.45, 2.75) is 0 Å². The molecule has 70 valence electrons. The molecule has 0 aliphatic rings. The van der Waals surface area contributed by atoms with Gasteiger partial charge in [-0.3, -0.25) is 4.40 Å². The van der Waals surface area contributed by atoms with Gasteiger partial charge in [0.25, 0.3) is 5.78 Å². The van der Waals surface area contributed by atoms with Gasteiger partial charge in [-0.25, -0.2) is 0 Å². The highest BCUT2D eigenvalue weighted by molar-refractivity contribution is 5.36. The zero-order valence-electron chi connectivity index (χ0n) is 6.79. The summed E-state index contributed by atoms with van der Waals surface area (Å²) < 4.78 is 2.98. The first-order valence-electron chi connectivity index (χ1n) is 3.74. The van der Waals surface area contributed by atoms with Crippen LogP contribution in [0.15, 0.2) is 12.4 Å². The summed E-state index contributed by atoms with van der Waals surface area (Å²) in [5.41, 5.74) is 5.49. The molecular formula is C6H9N5O2. The fourth-order valence-electron chi connectivity index (χ4n) is 1.02. The molecule has 0 fully saturated rings. The van der Waals surface area contributed by atoms with Gasteiger partial charge in [-0.2, -0.15) is 4.73 Å². The standard InChI is InChI=1S/C6H9N5O2/c7-5-8-9-6-10(5)1-2-11(6)13-4-3-12/h1-2,12H,3-4H2,(H2,7,8). The van der Waals surface area contributed by atoms with Crippen LogP contribution in [0.2, 0.25) is 0 Å². The third-order valence-corrected chi connectivity index (χ3v) is 1.57. The Morgan fingerprint density at radius 1 is 1.46 bits per heavy atom. The van der Waals surface area contributed by atoms with Crippen LogP contribution in [0.25, 0.3) is 5.78 Å². The quantitative estimate of drug-likeness (QED) is 0.606. The van der Waals surface area contributed by atoms with E-state index in [4.69, 9.17) is 15.7 Å². The minimum absolute atomic E-state index is 0.0477. The van der Waals surface area contributed by atoms with E-state index < -0.39 is 0 Å². The molecule has 0 aromatic carbocycles. The normalized spacial score (nSPS) is 10.8. The lowest BCUT2D eigenvalue weighted by atomic mass is 10.8.